The lowest BCUT2D eigenvalue weighted by atomic mass is 10.2. The van der Waals surface area contributed by atoms with Crippen LogP contribution >= 0.6 is 0 Å². The van der Waals surface area contributed by atoms with E-state index in [1.165, 1.54) is 0 Å². The van der Waals surface area contributed by atoms with Gasteiger partial charge in [0.2, 0.25) is 17.8 Å². The zero-order chi connectivity index (χ0) is 18.9. The van der Waals surface area contributed by atoms with E-state index in [0.29, 0.717) is 37.0 Å². The van der Waals surface area contributed by atoms with Crippen LogP contribution in [0.1, 0.15) is 42.0 Å². The maximum absolute atomic E-state index is 11.5. The van der Waals surface area contributed by atoms with Crippen molar-refractivity contribution < 1.29 is 14.3 Å². The van der Waals surface area contributed by atoms with Crippen molar-refractivity contribution in [3.8, 4) is 0 Å². The molecule has 26 heavy (non-hydrogen) atoms. The Hall–Kier alpha value is -2.87. The van der Waals surface area contributed by atoms with Crippen LogP contribution in [0.2, 0.25) is 0 Å². The Kier molecular flexibility index (Phi) is 7.16. The molecule has 1 atom stereocenters. The average Bonchev–Trinajstić information content (AvgIpc) is 2.61. The molecule has 1 unspecified atom stereocenters. The standard InChI is InChI=1S/C18H23N5O3/c1-4-16(25)22-18-21-13(3)20-17(23-18)19-12(2)10-26-11-15-7-5-14(9-24)6-8-15/h5-9,12H,4,10-11H2,1-3H3,(H2,19,20,21,22,23,25). The number of ether oxygens (including phenoxy) is 1. The first-order valence-corrected chi connectivity index (χ1v) is 8.41. The molecule has 0 spiro atoms. The number of hydrogen-bond acceptors (Lipinski definition) is 7. The lowest BCUT2D eigenvalue weighted by Crippen LogP contribution is -2.24. The highest BCUT2D eigenvalue weighted by atomic mass is 16.5. The number of hydrogen-bond donors (Lipinski definition) is 2. The number of aldehydes is 1. The summed E-state index contributed by atoms with van der Waals surface area (Å²) >= 11 is 0. The SMILES string of the molecule is CCC(=O)Nc1nc(C)nc(NC(C)COCc2ccc(C=O)cc2)n1. The summed E-state index contributed by atoms with van der Waals surface area (Å²) in [6, 6.07) is 7.20. The van der Waals surface area contributed by atoms with Gasteiger partial charge in [-0.3, -0.25) is 14.9 Å². The number of carbonyl (C=O) groups excluding carboxylic acids is 2. The predicted molar refractivity (Wildman–Crippen MR) is 98.1 cm³/mol. The van der Waals surface area contributed by atoms with E-state index < -0.39 is 0 Å². The van der Waals surface area contributed by atoms with Crippen molar-refractivity contribution in [3.63, 3.8) is 0 Å². The minimum atomic E-state index is -0.154. The number of rotatable bonds is 9. The zero-order valence-electron chi connectivity index (χ0n) is 15.2. The number of aromatic nitrogens is 3. The molecule has 0 aliphatic rings. The van der Waals surface area contributed by atoms with Crippen LogP contribution in [0.4, 0.5) is 11.9 Å². The maximum atomic E-state index is 11.5. The fourth-order valence-electron chi connectivity index (χ4n) is 2.12. The molecule has 1 aromatic carbocycles. The lowest BCUT2D eigenvalue weighted by molar-refractivity contribution is -0.115. The van der Waals surface area contributed by atoms with Crippen LogP contribution in [0, 0.1) is 6.92 Å². The summed E-state index contributed by atoms with van der Waals surface area (Å²) in [5.74, 6) is 0.974. The number of benzene rings is 1. The van der Waals surface area contributed by atoms with Gasteiger partial charge >= 0.3 is 0 Å². The molecule has 0 saturated heterocycles. The van der Waals surface area contributed by atoms with Crippen molar-refractivity contribution in [2.45, 2.75) is 39.8 Å². The molecular formula is C18H23N5O3. The van der Waals surface area contributed by atoms with Gasteiger partial charge in [-0.15, -0.1) is 0 Å². The van der Waals surface area contributed by atoms with Gasteiger partial charge in [-0.2, -0.15) is 15.0 Å². The van der Waals surface area contributed by atoms with Crippen LogP contribution in [-0.4, -0.2) is 39.8 Å². The van der Waals surface area contributed by atoms with Crippen molar-refractivity contribution in [1.82, 2.24) is 15.0 Å². The first-order chi connectivity index (χ1) is 12.5. The normalized spacial score (nSPS) is 11.7. The Morgan fingerprint density at radius 3 is 2.54 bits per heavy atom. The number of nitrogens with zero attached hydrogens (tertiary/aromatic N) is 3. The summed E-state index contributed by atoms with van der Waals surface area (Å²) in [5, 5.41) is 5.76. The topological polar surface area (TPSA) is 106 Å². The molecular weight excluding hydrogens is 334 g/mol. The third-order valence-corrected chi connectivity index (χ3v) is 3.45. The first-order valence-electron chi connectivity index (χ1n) is 8.41. The summed E-state index contributed by atoms with van der Waals surface area (Å²) in [6.45, 7) is 6.32. The molecule has 0 aliphatic carbocycles. The Balaban J connectivity index is 1.85. The van der Waals surface area contributed by atoms with Crippen LogP contribution in [0.15, 0.2) is 24.3 Å². The third kappa shape index (κ3) is 6.21. The van der Waals surface area contributed by atoms with Gasteiger partial charge in [-0.1, -0.05) is 31.2 Å². The highest BCUT2D eigenvalue weighted by Gasteiger charge is 2.09. The van der Waals surface area contributed by atoms with E-state index in [2.05, 4.69) is 25.6 Å². The summed E-state index contributed by atoms with van der Waals surface area (Å²) in [6.07, 6.45) is 1.16. The second kappa shape index (κ2) is 9.57. The predicted octanol–water partition coefficient (Wildman–Crippen LogP) is 2.36. The summed E-state index contributed by atoms with van der Waals surface area (Å²) in [4.78, 5) is 34.6. The van der Waals surface area contributed by atoms with Gasteiger partial charge in [0, 0.05) is 18.0 Å². The van der Waals surface area contributed by atoms with E-state index >= 15 is 0 Å². The average molecular weight is 357 g/mol. The van der Waals surface area contributed by atoms with Crippen molar-refractivity contribution in [2.75, 3.05) is 17.2 Å². The van der Waals surface area contributed by atoms with E-state index in [1.807, 2.05) is 19.1 Å². The number of nitrogens with one attached hydrogen (secondary N) is 2. The van der Waals surface area contributed by atoms with Crippen molar-refractivity contribution >= 4 is 24.1 Å². The Bertz CT molecular complexity index is 749. The number of aryl methyl sites for hydroxylation is 1. The minimum Gasteiger partial charge on any atom is -0.375 e. The second-order valence-corrected chi connectivity index (χ2v) is 5.85. The summed E-state index contributed by atoms with van der Waals surface area (Å²) in [5.41, 5.74) is 1.63. The van der Waals surface area contributed by atoms with E-state index in [9.17, 15) is 9.59 Å². The molecule has 2 rings (SSSR count). The number of carbonyl (C=O) groups is 2. The molecule has 0 bridgehead atoms. The van der Waals surface area contributed by atoms with Crippen molar-refractivity contribution in [2.24, 2.45) is 0 Å². The molecule has 0 fully saturated rings. The summed E-state index contributed by atoms with van der Waals surface area (Å²) in [7, 11) is 0. The van der Waals surface area contributed by atoms with Crippen molar-refractivity contribution in [1.29, 1.82) is 0 Å². The van der Waals surface area contributed by atoms with Gasteiger partial charge in [0.1, 0.15) is 12.1 Å². The van der Waals surface area contributed by atoms with Crippen LogP contribution < -0.4 is 10.6 Å². The van der Waals surface area contributed by atoms with E-state index in [4.69, 9.17) is 4.74 Å². The third-order valence-electron chi connectivity index (χ3n) is 3.45. The quantitative estimate of drug-likeness (QED) is 0.664. The van der Waals surface area contributed by atoms with Gasteiger partial charge in [0.25, 0.3) is 0 Å². The molecule has 0 radical (unpaired) electrons. The highest BCUT2D eigenvalue weighted by Crippen LogP contribution is 2.08. The highest BCUT2D eigenvalue weighted by molar-refractivity contribution is 5.88. The lowest BCUT2D eigenvalue weighted by Gasteiger charge is -2.15. The van der Waals surface area contributed by atoms with Crippen LogP contribution in [-0.2, 0) is 16.1 Å². The van der Waals surface area contributed by atoms with Crippen LogP contribution in [0.3, 0.4) is 0 Å². The van der Waals surface area contributed by atoms with Gasteiger partial charge < -0.3 is 10.1 Å². The molecule has 0 aliphatic heterocycles. The van der Waals surface area contributed by atoms with Crippen LogP contribution in [0.25, 0.3) is 0 Å². The molecule has 8 heteroatoms. The molecule has 1 aromatic heterocycles. The number of amides is 1. The molecule has 2 N–H and O–H groups in total. The Labute approximate surface area is 152 Å². The zero-order valence-corrected chi connectivity index (χ0v) is 15.2. The largest absolute Gasteiger partial charge is 0.375 e. The van der Waals surface area contributed by atoms with E-state index in [1.54, 1.807) is 26.0 Å². The maximum Gasteiger partial charge on any atom is 0.234 e. The number of anilines is 2. The molecule has 1 amide bonds. The molecule has 1 heterocycles. The molecule has 138 valence electrons. The van der Waals surface area contributed by atoms with E-state index in [-0.39, 0.29) is 17.9 Å². The summed E-state index contributed by atoms with van der Waals surface area (Å²) < 4.78 is 5.68. The van der Waals surface area contributed by atoms with Gasteiger partial charge in [-0.05, 0) is 19.4 Å². The minimum absolute atomic E-state index is 0.0409. The van der Waals surface area contributed by atoms with Gasteiger partial charge in [0.05, 0.1) is 13.2 Å². The first kappa shape index (κ1) is 19.5. The van der Waals surface area contributed by atoms with Crippen LogP contribution in [0.5, 0.6) is 0 Å². The van der Waals surface area contributed by atoms with Gasteiger partial charge in [-0.25, -0.2) is 0 Å². The molecule has 2 aromatic rings. The fourth-order valence-corrected chi connectivity index (χ4v) is 2.12. The molecule has 8 nitrogen and oxygen atoms in total. The second-order valence-electron chi connectivity index (χ2n) is 5.85. The Morgan fingerprint density at radius 1 is 1.19 bits per heavy atom. The Morgan fingerprint density at radius 2 is 1.88 bits per heavy atom. The van der Waals surface area contributed by atoms with Crippen molar-refractivity contribution in [3.05, 3.63) is 41.2 Å². The smallest absolute Gasteiger partial charge is 0.234 e. The van der Waals surface area contributed by atoms with E-state index in [0.717, 1.165) is 11.8 Å². The fraction of sp³-hybridized carbons (Fsp3) is 0.389. The van der Waals surface area contributed by atoms with Gasteiger partial charge in [0.15, 0.2) is 0 Å². The monoisotopic (exact) mass is 357 g/mol. The molecule has 0 saturated carbocycles.